The second-order valence-corrected chi connectivity index (χ2v) is 1.70. The number of nitrogens with zero attached hydrogens (tertiary/aromatic N) is 1. The van der Waals surface area contributed by atoms with Crippen LogP contribution in [-0.4, -0.2) is 4.98 Å². The highest BCUT2D eigenvalue weighted by Crippen LogP contribution is 1.96. The van der Waals surface area contributed by atoms with Crippen molar-refractivity contribution >= 4 is 0 Å². The van der Waals surface area contributed by atoms with E-state index in [0.717, 1.165) is 5.56 Å². The van der Waals surface area contributed by atoms with Gasteiger partial charge in [-0.15, -0.1) is 0 Å². The maximum absolute atomic E-state index is 4.65. The predicted molar refractivity (Wildman–Crippen MR) is 34.4 cm³/mol. The molecule has 1 radical (unpaired) electrons. The maximum Gasteiger partial charge on any atom is 0.0719 e. The van der Waals surface area contributed by atoms with Gasteiger partial charge in [-0.2, -0.15) is 0 Å². The van der Waals surface area contributed by atoms with E-state index < -0.39 is 0 Å². The molecule has 0 fully saturated rings. The second-order valence-electron chi connectivity index (χ2n) is 1.70. The monoisotopic (exact) mass is 122 g/mol. The molecule has 0 atom stereocenters. The molecule has 47 valence electrons. The third-order valence-electron chi connectivity index (χ3n) is 1.02. The van der Waals surface area contributed by atoms with Gasteiger partial charge in [0.1, 0.15) is 0 Å². The van der Waals surface area contributed by atoms with Crippen molar-refractivity contribution in [2.24, 2.45) is 0 Å². The normalized spacial score (nSPS) is 9.44. The number of hydrogen-bond acceptors (Lipinski definition) is 2. The zero-order valence-electron chi connectivity index (χ0n) is 5.08. The summed E-state index contributed by atoms with van der Waals surface area (Å²) in [6.45, 7) is 0.558. The van der Waals surface area contributed by atoms with Crippen molar-refractivity contribution < 1.29 is 4.74 Å². The average molecular weight is 122 g/mol. The highest BCUT2D eigenvalue weighted by molar-refractivity contribution is 5.07. The largest absolute Gasteiger partial charge is 0.374 e. The highest BCUT2D eigenvalue weighted by atomic mass is 16.5. The van der Waals surface area contributed by atoms with Crippen LogP contribution < -0.4 is 0 Å². The second kappa shape index (κ2) is 3.20. The minimum absolute atomic E-state index is 0.558. The standard InChI is InChI=1S/C7H8NO/c1-9-6-7-2-4-8-5-3-7/h2-5H,1,6H2. The Morgan fingerprint density at radius 3 is 2.67 bits per heavy atom. The van der Waals surface area contributed by atoms with E-state index in [9.17, 15) is 0 Å². The van der Waals surface area contributed by atoms with Gasteiger partial charge in [0.2, 0.25) is 0 Å². The predicted octanol–water partition coefficient (Wildman–Crippen LogP) is 1.39. The molecule has 0 saturated heterocycles. The van der Waals surface area contributed by atoms with E-state index in [1.165, 1.54) is 0 Å². The lowest BCUT2D eigenvalue weighted by Gasteiger charge is -1.94. The molecule has 1 rings (SSSR count). The third-order valence-corrected chi connectivity index (χ3v) is 1.02. The Balaban J connectivity index is 2.61. The van der Waals surface area contributed by atoms with E-state index in [-0.39, 0.29) is 0 Å². The summed E-state index contributed by atoms with van der Waals surface area (Å²) in [4.78, 5) is 3.85. The Bertz CT molecular complexity index is 162. The van der Waals surface area contributed by atoms with Gasteiger partial charge in [0.25, 0.3) is 0 Å². The molecule has 0 N–H and O–H groups in total. The lowest BCUT2D eigenvalue weighted by molar-refractivity contribution is 0.229. The Labute approximate surface area is 54.5 Å². The van der Waals surface area contributed by atoms with E-state index in [4.69, 9.17) is 0 Å². The van der Waals surface area contributed by atoms with E-state index in [0.29, 0.717) is 6.61 Å². The van der Waals surface area contributed by atoms with Gasteiger partial charge in [0.15, 0.2) is 0 Å². The number of aromatic nitrogens is 1. The molecule has 0 unspecified atom stereocenters. The fourth-order valence-corrected chi connectivity index (χ4v) is 0.597. The first kappa shape index (κ1) is 6.23. The fourth-order valence-electron chi connectivity index (χ4n) is 0.597. The first-order valence-electron chi connectivity index (χ1n) is 2.69. The van der Waals surface area contributed by atoms with Crippen molar-refractivity contribution in [3.63, 3.8) is 0 Å². The van der Waals surface area contributed by atoms with Crippen LogP contribution in [0.4, 0.5) is 0 Å². The molecule has 0 saturated carbocycles. The summed E-state index contributed by atoms with van der Waals surface area (Å²) in [7, 11) is 3.26. The Hall–Kier alpha value is -0.890. The van der Waals surface area contributed by atoms with Crippen LogP contribution in [0.2, 0.25) is 0 Å². The van der Waals surface area contributed by atoms with E-state index in [2.05, 4.69) is 16.8 Å². The molecule has 0 bridgehead atoms. The minimum atomic E-state index is 0.558. The SMILES string of the molecule is [CH2]OCc1ccncc1. The smallest absolute Gasteiger partial charge is 0.0719 e. The lowest BCUT2D eigenvalue weighted by atomic mass is 10.3. The Morgan fingerprint density at radius 1 is 1.44 bits per heavy atom. The zero-order chi connectivity index (χ0) is 6.53. The summed E-state index contributed by atoms with van der Waals surface area (Å²) >= 11 is 0. The summed E-state index contributed by atoms with van der Waals surface area (Å²) in [6.07, 6.45) is 3.46. The summed E-state index contributed by atoms with van der Waals surface area (Å²) in [5.74, 6) is 0. The summed E-state index contributed by atoms with van der Waals surface area (Å²) in [5, 5.41) is 0. The van der Waals surface area contributed by atoms with Crippen molar-refractivity contribution in [2.75, 3.05) is 0 Å². The number of pyridine rings is 1. The molecule has 0 amide bonds. The van der Waals surface area contributed by atoms with Crippen molar-refractivity contribution in [1.29, 1.82) is 0 Å². The van der Waals surface area contributed by atoms with Gasteiger partial charge in [-0.05, 0) is 17.7 Å². The lowest BCUT2D eigenvalue weighted by Crippen LogP contribution is -1.84. The number of hydrogen-bond donors (Lipinski definition) is 0. The van der Waals surface area contributed by atoms with Crippen LogP contribution in [0.15, 0.2) is 24.5 Å². The van der Waals surface area contributed by atoms with Gasteiger partial charge in [-0.1, -0.05) is 0 Å². The van der Waals surface area contributed by atoms with E-state index >= 15 is 0 Å². The van der Waals surface area contributed by atoms with Gasteiger partial charge in [0.05, 0.1) is 13.7 Å². The molecule has 2 nitrogen and oxygen atoms in total. The first-order valence-corrected chi connectivity index (χ1v) is 2.69. The van der Waals surface area contributed by atoms with Crippen LogP contribution in [0.3, 0.4) is 0 Å². The Kier molecular flexibility index (Phi) is 2.22. The van der Waals surface area contributed by atoms with Crippen LogP contribution in [0.5, 0.6) is 0 Å². The van der Waals surface area contributed by atoms with Crippen molar-refractivity contribution in [3.8, 4) is 0 Å². The van der Waals surface area contributed by atoms with Crippen LogP contribution >= 0.6 is 0 Å². The summed E-state index contributed by atoms with van der Waals surface area (Å²) < 4.78 is 4.65. The van der Waals surface area contributed by atoms with E-state index in [1.54, 1.807) is 12.4 Å². The van der Waals surface area contributed by atoms with Crippen molar-refractivity contribution in [1.82, 2.24) is 4.98 Å². The van der Waals surface area contributed by atoms with Crippen molar-refractivity contribution in [2.45, 2.75) is 6.61 Å². The molecule has 0 aromatic carbocycles. The number of ether oxygens (including phenoxy) is 1. The van der Waals surface area contributed by atoms with Gasteiger partial charge in [-0.25, -0.2) is 0 Å². The molecule has 1 aromatic heterocycles. The van der Waals surface area contributed by atoms with Gasteiger partial charge < -0.3 is 4.74 Å². The number of rotatable bonds is 2. The molecule has 0 aliphatic rings. The Morgan fingerprint density at radius 2 is 2.11 bits per heavy atom. The van der Waals surface area contributed by atoms with Crippen LogP contribution in [0.1, 0.15) is 5.56 Å². The average Bonchev–Trinajstić information content (AvgIpc) is 1.91. The van der Waals surface area contributed by atoms with Crippen LogP contribution in [-0.2, 0) is 11.3 Å². The molecule has 0 spiro atoms. The first-order chi connectivity index (χ1) is 4.43. The summed E-state index contributed by atoms with van der Waals surface area (Å²) in [5.41, 5.74) is 1.10. The third kappa shape index (κ3) is 1.82. The van der Waals surface area contributed by atoms with Gasteiger partial charge >= 0.3 is 0 Å². The topological polar surface area (TPSA) is 22.1 Å². The van der Waals surface area contributed by atoms with Crippen LogP contribution in [0.25, 0.3) is 0 Å². The molecule has 0 aliphatic heterocycles. The van der Waals surface area contributed by atoms with Crippen LogP contribution in [0, 0.1) is 7.11 Å². The van der Waals surface area contributed by atoms with Crippen molar-refractivity contribution in [3.05, 3.63) is 37.2 Å². The maximum atomic E-state index is 4.65. The zero-order valence-corrected chi connectivity index (χ0v) is 5.08. The minimum Gasteiger partial charge on any atom is -0.374 e. The highest BCUT2D eigenvalue weighted by Gasteiger charge is 1.85. The molecule has 0 aliphatic carbocycles. The molecule has 9 heavy (non-hydrogen) atoms. The molecule has 1 aromatic rings. The summed E-state index contributed by atoms with van der Waals surface area (Å²) in [6, 6.07) is 3.79. The molecule has 2 heteroatoms. The van der Waals surface area contributed by atoms with Gasteiger partial charge in [0, 0.05) is 12.4 Å². The fraction of sp³-hybridized carbons (Fsp3) is 0.143. The molecular weight excluding hydrogens is 114 g/mol. The quantitative estimate of drug-likeness (QED) is 0.591. The molecule has 1 heterocycles. The van der Waals surface area contributed by atoms with E-state index in [1.807, 2.05) is 12.1 Å². The van der Waals surface area contributed by atoms with Gasteiger partial charge in [-0.3, -0.25) is 4.98 Å². The molecular formula is C7H8NO.